The molecule has 0 amide bonds. The smallest absolute Gasteiger partial charge is 0.0831 e. The van der Waals surface area contributed by atoms with Gasteiger partial charge >= 0.3 is 0 Å². The highest BCUT2D eigenvalue weighted by Crippen LogP contribution is 2.36. The van der Waals surface area contributed by atoms with E-state index in [1.54, 1.807) is 0 Å². The molecule has 0 N–H and O–H groups in total. The van der Waals surface area contributed by atoms with E-state index in [4.69, 9.17) is 5.10 Å². The topological polar surface area (TPSA) is 15.6 Å². The number of nitrogens with zero attached hydrogens (tertiary/aromatic N) is 2. The van der Waals surface area contributed by atoms with E-state index >= 15 is 0 Å². The zero-order valence-corrected chi connectivity index (χ0v) is 16.5. The van der Waals surface area contributed by atoms with Crippen LogP contribution in [0, 0.1) is 0 Å². The van der Waals surface area contributed by atoms with Crippen molar-refractivity contribution in [3.63, 3.8) is 0 Å². The Morgan fingerprint density at radius 2 is 1.46 bits per heavy atom. The van der Waals surface area contributed by atoms with Crippen LogP contribution in [0.3, 0.4) is 0 Å². The second kappa shape index (κ2) is 8.26. The molecule has 28 heavy (non-hydrogen) atoms. The summed E-state index contributed by atoms with van der Waals surface area (Å²) in [6.45, 7) is 4.47. The second-order valence-electron chi connectivity index (χ2n) is 7.56. The summed E-state index contributed by atoms with van der Waals surface area (Å²) in [6, 6.07) is 30.1. The third-order valence-corrected chi connectivity index (χ3v) is 5.21. The van der Waals surface area contributed by atoms with Crippen LogP contribution in [-0.2, 0) is 0 Å². The first-order valence-electron chi connectivity index (χ1n) is 9.95. The summed E-state index contributed by atoms with van der Waals surface area (Å²) in [5, 5.41) is 7.11. The first-order chi connectivity index (χ1) is 13.7. The van der Waals surface area contributed by atoms with E-state index in [-0.39, 0.29) is 6.04 Å². The minimum Gasteiger partial charge on any atom is -0.257 e. The van der Waals surface area contributed by atoms with Crippen molar-refractivity contribution in [3.8, 4) is 0 Å². The van der Waals surface area contributed by atoms with Crippen molar-refractivity contribution in [3.05, 3.63) is 108 Å². The molecule has 3 aromatic rings. The molecule has 0 saturated carbocycles. The Morgan fingerprint density at radius 1 is 0.821 bits per heavy atom. The first kappa shape index (κ1) is 18.2. The van der Waals surface area contributed by atoms with Gasteiger partial charge in [-0.1, -0.05) is 92.7 Å². The van der Waals surface area contributed by atoms with Crippen molar-refractivity contribution in [1.82, 2.24) is 0 Å². The van der Waals surface area contributed by atoms with Gasteiger partial charge in [-0.25, -0.2) is 0 Å². The highest BCUT2D eigenvalue weighted by molar-refractivity contribution is 6.01. The van der Waals surface area contributed by atoms with Crippen LogP contribution in [-0.4, -0.2) is 5.71 Å². The fourth-order valence-electron chi connectivity index (χ4n) is 3.57. The molecule has 0 radical (unpaired) electrons. The van der Waals surface area contributed by atoms with E-state index in [0.717, 1.165) is 17.8 Å². The number of hydrogen-bond donors (Lipinski definition) is 0. The molecule has 2 heteroatoms. The summed E-state index contributed by atoms with van der Waals surface area (Å²) in [4.78, 5) is 0. The molecule has 1 heterocycles. The Bertz CT molecular complexity index is 954. The van der Waals surface area contributed by atoms with Crippen LogP contribution in [0.15, 0.2) is 96.1 Å². The minimum absolute atomic E-state index is 0.221. The maximum Gasteiger partial charge on any atom is 0.0831 e. The highest BCUT2D eigenvalue weighted by atomic mass is 15.5. The molecule has 0 aliphatic carbocycles. The number of benzene rings is 3. The average Bonchev–Trinajstić information content (AvgIpc) is 3.18. The molecule has 140 valence electrons. The molecule has 4 rings (SSSR count). The Balaban J connectivity index is 1.63. The zero-order valence-electron chi connectivity index (χ0n) is 16.5. The molecule has 1 unspecified atom stereocenters. The lowest BCUT2D eigenvalue weighted by atomic mass is 9.96. The standard InChI is InChI=1S/C26H26N2/c1-20(2)22-14-16-23(17-15-22)26-19-24(18-13-21-9-5-3-6-10-21)27-28(26)25-11-7-4-8-12-25/h3-18,20,26H,19H2,1-2H3. The molecule has 0 aromatic heterocycles. The summed E-state index contributed by atoms with van der Waals surface area (Å²) in [5.41, 5.74) is 6.11. The Morgan fingerprint density at radius 3 is 2.11 bits per heavy atom. The number of anilines is 1. The summed E-state index contributed by atoms with van der Waals surface area (Å²) in [5.74, 6) is 0.545. The SMILES string of the molecule is CC(C)c1ccc(C2CC(C=Cc3ccccc3)=NN2c2ccccc2)cc1. The lowest BCUT2D eigenvalue weighted by Gasteiger charge is -2.24. The van der Waals surface area contributed by atoms with Gasteiger partial charge in [0.05, 0.1) is 17.4 Å². The van der Waals surface area contributed by atoms with Gasteiger partial charge in [0.25, 0.3) is 0 Å². The van der Waals surface area contributed by atoms with Crippen molar-refractivity contribution in [2.24, 2.45) is 5.10 Å². The van der Waals surface area contributed by atoms with Gasteiger partial charge in [0.1, 0.15) is 0 Å². The van der Waals surface area contributed by atoms with Gasteiger partial charge in [0, 0.05) is 6.42 Å². The molecular weight excluding hydrogens is 340 g/mol. The van der Waals surface area contributed by atoms with Gasteiger partial charge in [0.2, 0.25) is 0 Å². The molecule has 3 aromatic carbocycles. The monoisotopic (exact) mass is 366 g/mol. The van der Waals surface area contributed by atoms with Crippen molar-refractivity contribution in [2.75, 3.05) is 5.01 Å². The largest absolute Gasteiger partial charge is 0.257 e. The predicted molar refractivity (Wildman–Crippen MR) is 120 cm³/mol. The molecule has 1 aliphatic heterocycles. The Hall–Kier alpha value is -3.13. The van der Waals surface area contributed by atoms with Gasteiger partial charge in [-0.3, -0.25) is 5.01 Å². The fraction of sp³-hybridized carbons (Fsp3) is 0.192. The predicted octanol–water partition coefficient (Wildman–Crippen LogP) is 6.83. The Kier molecular flexibility index (Phi) is 5.38. The molecule has 0 saturated heterocycles. The van der Waals surface area contributed by atoms with E-state index < -0.39 is 0 Å². The van der Waals surface area contributed by atoms with Crippen LogP contribution in [0.25, 0.3) is 6.08 Å². The molecular formula is C26H26N2. The maximum atomic E-state index is 4.95. The lowest BCUT2D eigenvalue weighted by molar-refractivity contribution is 0.708. The first-order valence-corrected chi connectivity index (χ1v) is 9.95. The normalized spacial score (nSPS) is 16.8. The van der Waals surface area contributed by atoms with Crippen LogP contribution < -0.4 is 5.01 Å². The summed E-state index contributed by atoms with van der Waals surface area (Å²) < 4.78 is 0. The fourth-order valence-corrected chi connectivity index (χ4v) is 3.57. The quantitative estimate of drug-likeness (QED) is 0.483. The molecule has 1 aliphatic rings. The van der Waals surface area contributed by atoms with E-state index in [1.165, 1.54) is 16.7 Å². The second-order valence-corrected chi connectivity index (χ2v) is 7.56. The number of allylic oxidation sites excluding steroid dienone is 1. The van der Waals surface area contributed by atoms with Crippen molar-refractivity contribution in [1.29, 1.82) is 0 Å². The van der Waals surface area contributed by atoms with Crippen molar-refractivity contribution < 1.29 is 0 Å². The number of para-hydroxylation sites is 1. The zero-order chi connectivity index (χ0) is 19.3. The molecule has 0 spiro atoms. The van der Waals surface area contributed by atoms with E-state index in [0.29, 0.717) is 5.92 Å². The van der Waals surface area contributed by atoms with Gasteiger partial charge in [0.15, 0.2) is 0 Å². The number of hydrazone groups is 1. The third-order valence-electron chi connectivity index (χ3n) is 5.21. The molecule has 1 atom stereocenters. The number of hydrogen-bond acceptors (Lipinski definition) is 2. The van der Waals surface area contributed by atoms with Gasteiger partial charge < -0.3 is 0 Å². The highest BCUT2D eigenvalue weighted by Gasteiger charge is 2.28. The lowest BCUT2D eigenvalue weighted by Crippen LogP contribution is -2.18. The molecule has 2 nitrogen and oxygen atoms in total. The van der Waals surface area contributed by atoms with E-state index in [9.17, 15) is 0 Å². The average molecular weight is 367 g/mol. The van der Waals surface area contributed by atoms with E-state index in [2.05, 4.69) is 104 Å². The van der Waals surface area contributed by atoms with Crippen molar-refractivity contribution >= 4 is 17.5 Å². The van der Waals surface area contributed by atoms with Crippen LogP contribution in [0.1, 0.15) is 48.9 Å². The van der Waals surface area contributed by atoms with Crippen LogP contribution >= 0.6 is 0 Å². The summed E-state index contributed by atoms with van der Waals surface area (Å²) >= 11 is 0. The third kappa shape index (κ3) is 4.07. The van der Waals surface area contributed by atoms with Crippen LogP contribution in [0.4, 0.5) is 5.69 Å². The van der Waals surface area contributed by atoms with Gasteiger partial charge in [-0.05, 0) is 40.8 Å². The van der Waals surface area contributed by atoms with E-state index in [1.807, 2.05) is 12.1 Å². The summed E-state index contributed by atoms with van der Waals surface area (Å²) in [7, 11) is 0. The minimum atomic E-state index is 0.221. The molecule has 0 bridgehead atoms. The maximum absolute atomic E-state index is 4.95. The van der Waals surface area contributed by atoms with Gasteiger partial charge in [-0.2, -0.15) is 5.10 Å². The van der Waals surface area contributed by atoms with Gasteiger partial charge in [-0.15, -0.1) is 0 Å². The number of rotatable bonds is 5. The van der Waals surface area contributed by atoms with Crippen LogP contribution in [0.2, 0.25) is 0 Å². The molecule has 0 fully saturated rings. The Labute approximate surface area is 167 Å². The summed E-state index contributed by atoms with van der Waals surface area (Å²) in [6.07, 6.45) is 5.19. The van der Waals surface area contributed by atoms with Crippen molar-refractivity contribution in [2.45, 2.75) is 32.2 Å². The van der Waals surface area contributed by atoms with Crippen LogP contribution in [0.5, 0.6) is 0 Å².